The smallest absolute Gasteiger partial charge is 0.193 e. The zero-order valence-corrected chi connectivity index (χ0v) is 13.6. The number of benzene rings is 1. The van der Waals surface area contributed by atoms with Gasteiger partial charge in [-0.15, -0.1) is 11.6 Å². The molecule has 1 unspecified atom stereocenters. The molecule has 1 nitrogen and oxygen atoms in total. The third-order valence-electron chi connectivity index (χ3n) is 2.29. The highest BCUT2D eigenvalue weighted by Crippen LogP contribution is 2.41. The lowest BCUT2D eigenvalue weighted by molar-refractivity contribution is 0.0527. The van der Waals surface area contributed by atoms with E-state index in [2.05, 4.69) is 15.9 Å². The molecule has 96 valence electrons. The van der Waals surface area contributed by atoms with Crippen LogP contribution in [-0.2, 0) is 5.60 Å². The first-order valence-corrected chi connectivity index (χ1v) is 7.25. The summed E-state index contributed by atoms with van der Waals surface area (Å²) in [6.45, 7) is 1.91. The molecule has 0 aliphatic heterocycles. The molecule has 0 aromatic heterocycles. The van der Waals surface area contributed by atoms with Gasteiger partial charge in [0.05, 0.1) is 5.88 Å². The summed E-state index contributed by atoms with van der Waals surface area (Å²) in [7, 11) is 0. The summed E-state index contributed by atoms with van der Waals surface area (Å²) >= 11 is 26.4. The van der Waals surface area contributed by atoms with Gasteiger partial charge >= 0.3 is 0 Å². The van der Waals surface area contributed by atoms with Crippen molar-refractivity contribution in [2.45, 2.75) is 22.7 Å². The topological polar surface area (TPSA) is 20.2 Å². The Morgan fingerprint density at radius 2 is 1.82 bits per heavy atom. The maximum atomic E-state index is 10.5. The first-order chi connectivity index (χ1) is 7.66. The number of rotatable bonds is 3. The van der Waals surface area contributed by atoms with Crippen LogP contribution >= 0.6 is 62.3 Å². The molecule has 0 aliphatic carbocycles. The minimum Gasteiger partial charge on any atom is -0.384 e. The number of aliphatic hydroxyl groups is 1. The monoisotopic (exact) mass is 378 g/mol. The summed E-state index contributed by atoms with van der Waals surface area (Å²) in [5, 5.41) is 10.5. The van der Waals surface area contributed by atoms with Crippen molar-refractivity contribution in [1.29, 1.82) is 0 Å². The van der Waals surface area contributed by atoms with Crippen molar-refractivity contribution >= 4 is 62.3 Å². The van der Waals surface area contributed by atoms with Crippen molar-refractivity contribution in [1.82, 2.24) is 0 Å². The Bertz CT molecular complexity index is 385. The molecule has 0 heterocycles. The van der Waals surface area contributed by atoms with Gasteiger partial charge in [-0.05, 0) is 30.2 Å². The Hall–Kier alpha value is 0.820. The average molecular weight is 381 g/mol. The Balaban J connectivity index is 3.15. The van der Waals surface area contributed by atoms with Crippen molar-refractivity contribution in [2.24, 2.45) is 0 Å². The van der Waals surface area contributed by atoms with Crippen LogP contribution in [0.15, 0.2) is 22.7 Å². The Morgan fingerprint density at radius 1 is 1.24 bits per heavy atom. The third-order valence-corrected chi connectivity index (χ3v) is 3.59. The van der Waals surface area contributed by atoms with Gasteiger partial charge in [0.1, 0.15) is 5.60 Å². The predicted molar refractivity (Wildman–Crippen MR) is 78.4 cm³/mol. The first-order valence-electron chi connectivity index (χ1n) is 4.79. The summed E-state index contributed by atoms with van der Waals surface area (Å²) in [6.07, 6.45) is -0.0654. The highest BCUT2D eigenvalue weighted by Gasteiger charge is 2.37. The second kappa shape index (κ2) is 5.85. The van der Waals surface area contributed by atoms with Crippen LogP contribution in [0.5, 0.6) is 0 Å². The first kappa shape index (κ1) is 15.9. The minimum absolute atomic E-state index is 0.0448. The van der Waals surface area contributed by atoms with E-state index in [1.807, 2.05) is 19.1 Å². The average Bonchev–Trinajstić information content (AvgIpc) is 2.13. The molecule has 1 rings (SSSR count). The summed E-state index contributed by atoms with van der Waals surface area (Å²) in [5.41, 5.74) is 0.259. The molecule has 0 aliphatic rings. The van der Waals surface area contributed by atoms with E-state index < -0.39 is 9.39 Å². The standard InChI is InChI=1S/C11H11BrCl4O/c1-7-2-8(4-9(12)3-7)10(17,6-13)5-11(14,15)16/h2-4,17H,5-6H2,1H3. The van der Waals surface area contributed by atoms with Crippen LogP contribution in [0.3, 0.4) is 0 Å². The fraction of sp³-hybridized carbons (Fsp3) is 0.455. The molecule has 0 bridgehead atoms. The van der Waals surface area contributed by atoms with Crippen molar-refractivity contribution in [2.75, 3.05) is 5.88 Å². The fourth-order valence-electron chi connectivity index (χ4n) is 1.56. The molecule has 0 fully saturated rings. The summed E-state index contributed by atoms with van der Waals surface area (Å²) in [5.74, 6) is -0.0448. The molecule has 1 atom stereocenters. The van der Waals surface area contributed by atoms with Gasteiger partial charge < -0.3 is 5.11 Å². The number of hydrogen-bond acceptors (Lipinski definition) is 1. The van der Waals surface area contributed by atoms with Crippen LogP contribution in [0.1, 0.15) is 17.5 Å². The number of hydrogen-bond donors (Lipinski definition) is 1. The quantitative estimate of drug-likeness (QED) is 0.736. The minimum atomic E-state index is -1.56. The highest BCUT2D eigenvalue weighted by molar-refractivity contribution is 9.10. The molecule has 1 N–H and O–H groups in total. The Morgan fingerprint density at radius 3 is 2.24 bits per heavy atom. The molecular weight excluding hydrogens is 370 g/mol. The van der Waals surface area contributed by atoms with Crippen molar-refractivity contribution < 1.29 is 5.11 Å². The van der Waals surface area contributed by atoms with E-state index in [1.165, 1.54) is 0 Å². The van der Waals surface area contributed by atoms with Gasteiger partial charge in [-0.2, -0.15) is 0 Å². The van der Waals surface area contributed by atoms with Gasteiger partial charge in [-0.3, -0.25) is 0 Å². The van der Waals surface area contributed by atoms with E-state index in [0.29, 0.717) is 5.56 Å². The summed E-state index contributed by atoms with van der Waals surface area (Å²) in [4.78, 5) is 0. The predicted octanol–water partition coefficient (Wildman–Crippen LogP) is 4.94. The molecule has 0 saturated heterocycles. The SMILES string of the molecule is Cc1cc(Br)cc(C(O)(CCl)CC(Cl)(Cl)Cl)c1. The number of alkyl halides is 4. The van der Waals surface area contributed by atoms with Crippen LogP contribution in [0, 0.1) is 6.92 Å². The second-order valence-corrected chi connectivity index (χ2v) is 7.67. The number of aryl methyl sites for hydroxylation is 1. The molecule has 0 amide bonds. The van der Waals surface area contributed by atoms with E-state index in [9.17, 15) is 5.11 Å². The second-order valence-electron chi connectivity index (χ2n) is 3.97. The Kier molecular flexibility index (Phi) is 5.47. The van der Waals surface area contributed by atoms with Gasteiger partial charge in [0.25, 0.3) is 0 Å². The maximum absolute atomic E-state index is 10.5. The van der Waals surface area contributed by atoms with Crippen molar-refractivity contribution in [3.05, 3.63) is 33.8 Å². The summed E-state index contributed by atoms with van der Waals surface area (Å²) < 4.78 is -0.708. The lowest BCUT2D eigenvalue weighted by atomic mass is 9.92. The molecule has 0 spiro atoms. The number of halogens is 5. The normalized spacial score (nSPS) is 15.7. The van der Waals surface area contributed by atoms with Gasteiger partial charge in [0, 0.05) is 10.9 Å². The van der Waals surface area contributed by atoms with Crippen LogP contribution in [-0.4, -0.2) is 14.8 Å². The lowest BCUT2D eigenvalue weighted by Gasteiger charge is -2.30. The molecule has 0 saturated carbocycles. The molecule has 17 heavy (non-hydrogen) atoms. The van der Waals surface area contributed by atoms with E-state index in [-0.39, 0.29) is 12.3 Å². The largest absolute Gasteiger partial charge is 0.384 e. The molecule has 1 aromatic rings. The van der Waals surface area contributed by atoms with Crippen LogP contribution < -0.4 is 0 Å². The van der Waals surface area contributed by atoms with Crippen LogP contribution in [0.25, 0.3) is 0 Å². The van der Waals surface area contributed by atoms with E-state index >= 15 is 0 Å². The fourth-order valence-corrected chi connectivity index (χ4v) is 3.08. The summed E-state index contributed by atoms with van der Waals surface area (Å²) in [6, 6.07) is 5.52. The van der Waals surface area contributed by atoms with Gasteiger partial charge in [0.15, 0.2) is 3.79 Å². The van der Waals surface area contributed by atoms with E-state index in [1.54, 1.807) is 6.07 Å². The Labute approximate surface area is 129 Å². The molecule has 0 radical (unpaired) electrons. The zero-order chi connectivity index (χ0) is 13.3. The van der Waals surface area contributed by atoms with Gasteiger partial charge in [0.2, 0.25) is 0 Å². The van der Waals surface area contributed by atoms with Gasteiger partial charge in [-0.1, -0.05) is 56.8 Å². The van der Waals surface area contributed by atoms with Crippen LogP contribution in [0.4, 0.5) is 0 Å². The van der Waals surface area contributed by atoms with E-state index in [4.69, 9.17) is 46.4 Å². The molecule has 1 aromatic carbocycles. The van der Waals surface area contributed by atoms with Crippen LogP contribution in [0.2, 0.25) is 0 Å². The van der Waals surface area contributed by atoms with Gasteiger partial charge in [-0.25, -0.2) is 0 Å². The highest BCUT2D eigenvalue weighted by atomic mass is 79.9. The third kappa shape index (κ3) is 4.77. The van der Waals surface area contributed by atoms with E-state index in [0.717, 1.165) is 10.0 Å². The zero-order valence-electron chi connectivity index (χ0n) is 8.98. The van der Waals surface area contributed by atoms with Crippen molar-refractivity contribution in [3.63, 3.8) is 0 Å². The maximum Gasteiger partial charge on any atom is 0.193 e. The molecular formula is C11H11BrCl4O. The van der Waals surface area contributed by atoms with Crippen molar-refractivity contribution in [3.8, 4) is 0 Å². The lowest BCUT2D eigenvalue weighted by Crippen LogP contribution is -2.33. The molecule has 6 heteroatoms.